The monoisotopic (exact) mass is 281 g/mol. The van der Waals surface area contributed by atoms with Crippen LogP contribution in [0.2, 0.25) is 0 Å². The van der Waals surface area contributed by atoms with Crippen molar-refractivity contribution in [2.24, 2.45) is 11.8 Å². The van der Waals surface area contributed by atoms with E-state index in [9.17, 15) is 0 Å². The Bertz CT molecular complexity index is 395. The van der Waals surface area contributed by atoms with Crippen molar-refractivity contribution in [1.82, 2.24) is 10.3 Å². The van der Waals surface area contributed by atoms with Crippen LogP contribution in [0, 0.1) is 18.8 Å². The molecule has 2 unspecified atom stereocenters. The lowest BCUT2D eigenvalue weighted by atomic mass is 10.0. The molecule has 1 N–H and O–H groups in total. The van der Waals surface area contributed by atoms with Gasteiger partial charge in [-0.3, -0.25) is 0 Å². The van der Waals surface area contributed by atoms with Gasteiger partial charge in [0.15, 0.2) is 0 Å². The van der Waals surface area contributed by atoms with Crippen LogP contribution in [0.3, 0.4) is 0 Å². The minimum atomic E-state index is 0.825. The summed E-state index contributed by atoms with van der Waals surface area (Å²) in [5.41, 5.74) is 1.08. The zero-order chi connectivity index (χ0) is 11.1. The number of fused-ring (bicyclic) bond motifs is 1. The molecule has 2 fully saturated rings. The molecule has 2 atom stereocenters. The van der Waals surface area contributed by atoms with Gasteiger partial charge in [0.2, 0.25) is 0 Å². The van der Waals surface area contributed by atoms with Crippen molar-refractivity contribution in [1.29, 1.82) is 0 Å². The van der Waals surface area contributed by atoms with Gasteiger partial charge in [-0.2, -0.15) is 0 Å². The van der Waals surface area contributed by atoms with Gasteiger partial charge in [-0.15, -0.1) is 0 Å². The standard InChI is InChI=1S/C12H16BrN3/c1-8-11(13)2-3-12(15-8)16-6-9-4-14-5-10(9)7-16/h2-3,9-10,14H,4-7H2,1H3. The fourth-order valence-corrected chi connectivity index (χ4v) is 2.97. The lowest BCUT2D eigenvalue weighted by Gasteiger charge is -2.19. The molecule has 86 valence electrons. The number of rotatable bonds is 1. The summed E-state index contributed by atoms with van der Waals surface area (Å²) in [6.45, 7) is 6.72. The Kier molecular flexibility index (Phi) is 2.64. The molecule has 2 aliphatic heterocycles. The summed E-state index contributed by atoms with van der Waals surface area (Å²) in [7, 11) is 0. The molecule has 4 heteroatoms. The Morgan fingerprint density at radius 1 is 1.31 bits per heavy atom. The molecule has 0 aromatic carbocycles. The first-order chi connectivity index (χ1) is 7.74. The van der Waals surface area contributed by atoms with Gasteiger partial charge in [-0.05, 0) is 46.8 Å². The maximum Gasteiger partial charge on any atom is 0.128 e. The number of nitrogens with one attached hydrogen (secondary N) is 1. The summed E-state index contributed by atoms with van der Waals surface area (Å²) < 4.78 is 1.09. The van der Waals surface area contributed by atoms with Crippen LogP contribution in [0.5, 0.6) is 0 Å². The van der Waals surface area contributed by atoms with Crippen LogP contribution < -0.4 is 10.2 Å². The molecule has 3 nitrogen and oxygen atoms in total. The number of anilines is 1. The Morgan fingerprint density at radius 3 is 2.62 bits per heavy atom. The van der Waals surface area contributed by atoms with Crippen molar-refractivity contribution in [2.45, 2.75) is 6.92 Å². The quantitative estimate of drug-likeness (QED) is 0.851. The first kappa shape index (κ1) is 10.5. The highest BCUT2D eigenvalue weighted by atomic mass is 79.9. The zero-order valence-corrected chi connectivity index (χ0v) is 11.0. The van der Waals surface area contributed by atoms with Crippen molar-refractivity contribution in [3.05, 3.63) is 22.3 Å². The van der Waals surface area contributed by atoms with Crippen LogP contribution in [0.15, 0.2) is 16.6 Å². The second-order valence-corrected chi connectivity index (χ2v) is 5.67. The fraction of sp³-hybridized carbons (Fsp3) is 0.583. The Hall–Kier alpha value is -0.610. The third kappa shape index (κ3) is 1.74. The number of nitrogens with zero attached hydrogens (tertiary/aromatic N) is 2. The first-order valence-corrected chi connectivity index (χ1v) is 6.62. The van der Waals surface area contributed by atoms with E-state index in [4.69, 9.17) is 0 Å². The smallest absolute Gasteiger partial charge is 0.128 e. The summed E-state index contributed by atoms with van der Waals surface area (Å²) in [6, 6.07) is 4.22. The largest absolute Gasteiger partial charge is 0.356 e. The maximum atomic E-state index is 4.64. The van der Waals surface area contributed by atoms with Crippen molar-refractivity contribution in [2.75, 3.05) is 31.1 Å². The van der Waals surface area contributed by atoms with Gasteiger partial charge in [0.1, 0.15) is 5.82 Å². The van der Waals surface area contributed by atoms with E-state index in [1.54, 1.807) is 0 Å². The average Bonchev–Trinajstić information content (AvgIpc) is 2.81. The SMILES string of the molecule is Cc1nc(N2CC3CNCC3C2)ccc1Br. The highest BCUT2D eigenvalue weighted by Crippen LogP contribution is 2.30. The molecule has 3 rings (SSSR count). The van der Waals surface area contributed by atoms with E-state index in [0.717, 1.165) is 40.9 Å². The number of halogens is 1. The van der Waals surface area contributed by atoms with Crippen molar-refractivity contribution in [3.8, 4) is 0 Å². The number of hydrogen-bond donors (Lipinski definition) is 1. The van der Waals surface area contributed by atoms with Gasteiger partial charge in [-0.25, -0.2) is 4.98 Å². The van der Waals surface area contributed by atoms with Gasteiger partial charge >= 0.3 is 0 Å². The van der Waals surface area contributed by atoms with E-state index >= 15 is 0 Å². The van der Waals surface area contributed by atoms with Gasteiger partial charge in [0.25, 0.3) is 0 Å². The van der Waals surface area contributed by atoms with Crippen LogP contribution in [0.1, 0.15) is 5.69 Å². The fourth-order valence-electron chi connectivity index (χ4n) is 2.75. The lowest BCUT2D eigenvalue weighted by Crippen LogP contribution is -2.26. The van der Waals surface area contributed by atoms with Crippen molar-refractivity contribution < 1.29 is 0 Å². The minimum absolute atomic E-state index is 0.825. The van der Waals surface area contributed by atoms with Gasteiger partial charge in [0, 0.05) is 30.7 Å². The van der Waals surface area contributed by atoms with Gasteiger partial charge < -0.3 is 10.2 Å². The molecule has 1 aromatic heterocycles. The highest BCUT2D eigenvalue weighted by Gasteiger charge is 2.36. The molecule has 0 saturated carbocycles. The Morgan fingerprint density at radius 2 is 2.00 bits per heavy atom. The molecule has 16 heavy (non-hydrogen) atoms. The van der Waals surface area contributed by atoms with E-state index in [1.807, 2.05) is 6.92 Å². The molecule has 0 bridgehead atoms. The van der Waals surface area contributed by atoms with Crippen LogP contribution in [-0.4, -0.2) is 31.2 Å². The molecule has 0 spiro atoms. The minimum Gasteiger partial charge on any atom is -0.356 e. The summed E-state index contributed by atoms with van der Waals surface area (Å²) >= 11 is 3.50. The molecule has 0 radical (unpaired) electrons. The van der Waals surface area contributed by atoms with Crippen LogP contribution >= 0.6 is 15.9 Å². The third-order valence-electron chi connectivity index (χ3n) is 3.72. The molecule has 3 heterocycles. The number of pyridine rings is 1. The van der Waals surface area contributed by atoms with Gasteiger partial charge in [0.05, 0.1) is 5.69 Å². The van der Waals surface area contributed by atoms with Crippen molar-refractivity contribution in [3.63, 3.8) is 0 Å². The molecule has 2 aliphatic rings. The van der Waals surface area contributed by atoms with Crippen molar-refractivity contribution >= 4 is 21.7 Å². The van der Waals surface area contributed by atoms with E-state index in [1.165, 1.54) is 13.1 Å². The summed E-state index contributed by atoms with van der Waals surface area (Å²) in [4.78, 5) is 7.07. The van der Waals surface area contributed by atoms with Crippen LogP contribution in [-0.2, 0) is 0 Å². The molecular weight excluding hydrogens is 266 g/mol. The third-order valence-corrected chi connectivity index (χ3v) is 4.56. The summed E-state index contributed by atoms with van der Waals surface area (Å²) in [5, 5.41) is 3.46. The van der Waals surface area contributed by atoms with Gasteiger partial charge in [-0.1, -0.05) is 0 Å². The predicted molar refractivity (Wildman–Crippen MR) is 68.7 cm³/mol. The topological polar surface area (TPSA) is 28.2 Å². The molecule has 1 aromatic rings. The normalized spacial score (nSPS) is 28.5. The average molecular weight is 282 g/mol. The number of aryl methyl sites for hydroxylation is 1. The molecular formula is C12H16BrN3. The Balaban J connectivity index is 1.81. The first-order valence-electron chi connectivity index (χ1n) is 5.83. The number of hydrogen-bond acceptors (Lipinski definition) is 3. The van der Waals surface area contributed by atoms with E-state index < -0.39 is 0 Å². The zero-order valence-electron chi connectivity index (χ0n) is 9.41. The van der Waals surface area contributed by atoms with Crippen LogP contribution in [0.4, 0.5) is 5.82 Å². The second kappa shape index (κ2) is 4.00. The molecule has 2 saturated heterocycles. The second-order valence-electron chi connectivity index (χ2n) is 4.82. The number of aromatic nitrogens is 1. The van der Waals surface area contributed by atoms with E-state index in [-0.39, 0.29) is 0 Å². The molecule has 0 amide bonds. The predicted octanol–water partition coefficient (Wildman–Crippen LogP) is 1.81. The summed E-state index contributed by atoms with van der Waals surface area (Å²) in [6.07, 6.45) is 0. The maximum absolute atomic E-state index is 4.64. The lowest BCUT2D eigenvalue weighted by molar-refractivity contribution is 0.533. The Labute approximate surface area is 104 Å². The molecule has 0 aliphatic carbocycles. The van der Waals surface area contributed by atoms with E-state index in [2.05, 4.69) is 43.3 Å². The summed E-state index contributed by atoms with van der Waals surface area (Å²) in [5.74, 6) is 2.78. The van der Waals surface area contributed by atoms with E-state index in [0.29, 0.717) is 0 Å². The highest BCUT2D eigenvalue weighted by molar-refractivity contribution is 9.10. The van der Waals surface area contributed by atoms with Crippen LogP contribution in [0.25, 0.3) is 0 Å².